The third kappa shape index (κ3) is 3.37. The van der Waals surface area contributed by atoms with Gasteiger partial charge < -0.3 is 10.6 Å². The summed E-state index contributed by atoms with van der Waals surface area (Å²) in [5, 5.41) is 0. The summed E-state index contributed by atoms with van der Waals surface area (Å²) in [6, 6.07) is 0.769. The average molecular weight is 281 g/mol. The van der Waals surface area contributed by atoms with Gasteiger partial charge in [-0.2, -0.15) is 0 Å². The van der Waals surface area contributed by atoms with E-state index in [-0.39, 0.29) is 0 Å². The molecule has 0 amide bonds. The molecule has 20 heavy (non-hydrogen) atoms. The third-order valence-corrected chi connectivity index (χ3v) is 6.05. The van der Waals surface area contributed by atoms with Crippen LogP contribution < -0.4 is 5.73 Å². The lowest BCUT2D eigenvalue weighted by Crippen LogP contribution is -2.59. The zero-order valence-electron chi connectivity index (χ0n) is 14.1. The second-order valence-corrected chi connectivity index (χ2v) is 7.71. The van der Waals surface area contributed by atoms with Gasteiger partial charge in [0.15, 0.2) is 0 Å². The van der Waals surface area contributed by atoms with Crippen molar-refractivity contribution in [3.8, 4) is 0 Å². The lowest BCUT2D eigenvalue weighted by atomic mass is 9.70. The van der Waals surface area contributed by atoms with E-state index < -0.39 is 0 Å². The van der Waals surface area contributed by atoms with Gasteiger partial charge in [-0.1, -0.05) is 26.7 Å². The largest absolute Gasteiger partial charge is 0.329 e. The summed E-state index contributed by atoms with van der Waals surface area (Å²) in [6.45, 7) is 8.10. The van der Waals surface area contributed by atoms with Crippen molar-refractivity contribution in [1.29, 1.82) is 0 Å². The number of nitrogens with zero attached hydrogens (tertiary/aromatic N) is 2. The smallest absolute Gasteiger partial charge is 0.0334 e. The summed E-state index contributed by atoms with van der Waals surface area (Å²) in [5.74, 6) is 1.68. The van der Waals surface area contributed by atoms with Crippen LogP contribution in [0.1, 0.15) is 52.4 Å². The Morgan fingerprint density at radius 1 is 1.20 bits per heavy atom. The Labute approximate surface area is 125 Å². The lowest BCUT2D eigenvalue weighted by molar-refractivity contribution is -0.00205. The molecule has 0 aromatic carbocycles. The van der Waals surface area contributed by atoms with Gasteiger partial charge in [0, 0.05) is 31.2 Å². The van der Waals surface area contributed by atoms with Gasteiger partial charge in [-0.15, -0.1) is 0 Å². The molecule has 2 unspecified atom stereocenters. The monoisotopic (exact) mass is 281 g/mol. The van der Waals surface area contributed by atoms with E-state index >= 15 is 0 Å². The third-order valence-electron chi connectivity index (χ3n) is 6.05. The second kappa shape index (κ2) is 6.76. The molecule has 2 rings (SSSR count). The number of piperidine rings is 1. The van der Waals surface area contributed by atoms with Crippen LogP contribution in [0.3, 0.4) is 0 Å². The van der Waals surface area contributed by atoms with Gasteiger partial charge in [0.05, 0.1) is 0 Å². The van der Waals surface area contributed by atoms with Crippen molar-refractivity contribution in [2.45, 2.75) is 64.0 Å². The maximum atomic E-state index is 6.27. The molecule has 2 N–H and O–H groups in total. The Hall–Kier alpha value is -0.120. The highest BCUT2D eigenvalue weighted by molar-refractivity contribution is 4.99. The van der Waals surface area contributed by atoms with Crippen LogP contribution in [0, 0.1) is 11.8 Å². The molecule has 1 aliphatic heterocycles. The molecule has 118 valence electrons. The van der Waals surface area contributed by atoms with E-state index in [0.717, 1.165) is 24.4 Å². The van der Waals surface area contributed by atoms with Crippen molar-refractivity contribution < 1.29 is 0 Å². The maximum absolute atomic E-state index is 6.27. The molecule has 1 aliphatic carbocycles. The summed E-state index contributed by atoms with van der Waals surface area (Å²) >= 11 is 0. The zero-order chi connectivity index (χ0) is 14.8. The number of hydrogen-bond donors (Lipinski definition) is 1. The van der Waals surface area contributed by atoms with Gasteiger partial charge in [-0.3, -0.25) is 4.90 Å². The van der Waals surface area contributed by atoms with Crippen LogP contribution in [0.2, 0.25) is 0 Å². The van der Waals surface area contributed by atoms with Crippen LogP contribution in [0.5, 0.6) is 0 Å². The van der Waals surface area contributed by atoms with Crippen LogP contribution in [0.15, 0.2) is 0 Å². The highest BCUT2D eigenvalue weighted by Gasteiger charge is 2.42. The predicted octanol–water partition coefficient (Wildman–Crippen LogP) is 2.56. The first-order valence-corrected chi connectivity index (χ1v) is 8.60. The van der Waals surface area contributed by atoms with Crippen molar-refractivity contribution >= 4 is 0 Å². The van der Waals surface area contributed by atoms with E-state index in [2.05, 4.69) is 37.7 Å². The van der Waals surface area contributed by atoms with Crippen LogP contribution >= 0.6 is 0 Å². The predicted molar refractivity (Wildman–Crippen MR) is 86.9 cm³/mol. The van der Waals surface area contributed by atoms with Crippen molar-refractivity contribution in [2.24, 2.45) is 17.6 Å². The van der Waals surface area contributed by atoms with Crippen LogP contribution in [-0.2, 0) is 0 Å². The first kappa shape index (κ1) is 16.3. The molecular formula is C17H35N3. The second-order valence-electron chi connectivity index (χ2n) is 7.71. The maximum Gasteiger partial charge on any atom is 0.0334 e. The van der Waals surface area contributed by atoms with Crippen LogP contribution in [0.4, 0.5) is 0 Å². The van der Waals surface area contributed by atoms with E-state index in [1.807, 2.05) is 0 Å². The fraction of sp³-hybridized carbons (Fsp3) is 1.00. The minimum atomic E-state index is 0.310. The van der Waals surface area contributed by atoms with E-state index in [1.54, 1.807) is 0 Å². The van der Waals surface area contributed by atoms with Gasteiger partial charge in [-0.25, -0.2) is 0 Å². The summed E-state index contributed by atoms with van der Waals surface area (Å²) in [6.07, 6.45) is 8.04. The minimum absolute atomic E-state index is 0.310. The lowest BCUT2D eigenvalue weighted by Gasteiger charge is -2.51. The van der Waals surface area contributed by atoms with E-state index in [1.165, 1.54) is 51.6 Å². The molecule has 0 aromatic rings. The van der Waals surface area contributed by atoms with Crippen LogP contribution in [0.25, 0.3) is 0 Å². The zero-order valence-corrected chi connectivity index (χ0v) is 14.1. The summed E-state index contributed by atoms with van der Waals surface area (Å²) in [5.41, 5.74) is 6.58. The van der Waals surface area contributed by atoms with Crippen LogP contribution in [-0.4, -0.2) is 55.1 Å². The summed E-state index contributed by atoms with van der Waals surface area (Å²) in [7, 11) is 4.43. The SMILES string of the molecule is CC(C)C1CCCC(CN)(N2CCC(N(C)C)CC2)C1. The highest BCUT2D eigenvalue weighted by Crippen LogP contribution is 2.40. The normalized spacial score (nSPS) is 34.0. The molecule has 2 atom stereocenters. The number of hydrogen-bond acceptors (Lipinski definition) is 3. The Bertz CT molecular complexity index is 295. The molecule has 0 spiro atoms. The molecule has 3 heteroatoms. The first-order valence-electron chi connectivity index (χ1n) is 8.60. The number of likely N-dealkylation sites (tertiary alicyclic amines) is 1. The van der Waals surface area contributed by atoms with Crippen molar-refractivity contribution in [2.75, 3.05) is 33.7 Å². The van der Waals surface area contributed by atoms with Crippen molar-refractivity contribution in [3.63, 3.8) is 0 Å². The first-order chi connectivity index (χ1) is 9.48. The Kier molecular flexibility index (Phi) is 5.49. The van der Waals surface area contributed by atoms with Crippen molar-refractivity contribution in [1.82, 2.24) is 9.80 Å². The minimum Gasteiger partial charge on any atom is -0.329 e. The van der Waals surface area contributed by atoms with E-state index in [0.29, 0.717) is 5.54 Å². The fourth-order valence-electron chi connectivity index (χ4n) is 4.41. The molecule has 0 aromatic heterocycles. The van der Waals surface area contributed by atoms with Gasteiger partial charge >= 0.3 is 0 Å². The molecule has 3 nitrogen and oxygen atoms in total. The van der Waals surface area contributed by atoms with Gasteiger partial charge in [0.25, 0.3) is 0 Å². The topological polar surface area (TPSA) is 32.5 Å². The summed E-state index contributed by atoms with van der Waals surface area (Å²) < 4.78 is 0. The molecule has 2 fully saturated rings. The summed E-state index contributed by atoms with van der Waals surface area (Å²) in [4.78, 5) is 5.14. The Morgan fingerprint density at radius 3 is 2.35 bits per heavy atom. The number of nitrogens with two attached hydrogens (primary N) is 1. The Morgan fingerprint density at radius 2 is 1.85 bits per heavy atom. The molecule has 0 radical (unpaired) electrons. The number of rotatable bonds is 4. The molecule has 1 saturated carbocycles. The average Bonchev–Trinajstić information content (AvgIpc) is 2.47. The highest BCUT2D eigenvalue weighted by atomic mass is 15.2. The van der Waals surface area contributed by atoms with E-state index in [9.17, 15) is 0 Å². The molecular weight excluding hydrogens is 246 g/mol. The standard InChI is InChI=1S/C17H35N3/c1-14(2)15-6-5-9-17(12-15,13-18)20-10-7-16(8-11-20)19(3)4/h14-16H,5-13,18H2,1-4H3. The Balaban J connectivity index is 2.00. The van der Waals surface area contributed by atoms with Gasteiger partial charge in [0.2, 0.25) is 0 Å². The van der Waals surface area contributed by atoms with Gasteiger partial charge in [0.1, 0.15) is 0 Å². The van der Waals surface area contributed by atoms with Gasteiger partial charge in [-0.05, 0) is 51.6 Å². The van der Waals surface area contributed by atoms with Crippen molar-refractivity contribution in [3.05, 3.63) is 0 Å². The van der Waals surface area contributed by atoms with E-state index in [4.69, 9.17) is 5.73 Å². The fourth-order valence-corrected chi connectivity index (χ4v) is 4.41. The molecule has 0 bridgehead atoms. The molecule has 2 aliphatic rings. The molecule has 1 saturated heterocycles. The quantitative estimate of drug-likeness (QED) is 0.859. The molecule has 1 heterocycles.